The monoisotopic (exact) mass is 443 g/mol. The van der Waals surface area contributed by atoms with Crippen molar-refractivity contribution < 1.29 is 14.3 Å². The lowest BCUT2D eigenvalue weighted by Crippen LogP contribution is -2.41. The summed E-state index contributed by atoms with van der Waals surface area (Å²) in [6.07, 6.45) is 6.12. The number of para-hydroxylation sites is 1. The van der Waals surface area contributed by atoms with Gasteiger partial charge in [-0.3, -0.25) is 14.6 Å². The summed E-state index contributed by atoms with van der Waals surface area (Å²) in [6, 6.07) is 10.6. The number of carbonyl (C=O) groups is 2. The van der Waals surface area contributed by atoms with Crippen LogP contribution in [0.25, 0.3) is 4.48 Å². The number of methoxy groups -OCH3 is 1. The first-order valence-electron chi connectivity index (χ1n) is 9.15. The summed E-state index contributed by atoms with van der Waals surface area (Å²) >= 11 is 3.54. The molecule has 0 atom stereocenters. The van der Waals surface area contributed by atoms with Crippen molar-refractivity contribution in [1.82, 2.24) is 15.2 Å². The number of pyridine rings is 1. The molecule has 1 aromatic heterocycles. The summed E-state index contributed by atoms with van der Waals surface area (Å²) in [4.78, 5) is 31.7. The summed E-state index contributed by atoms with van der Waals surface area (Å²) in [7, 11) is 1.57. The minimum Gasteiger partial charge on any atom is -0.496 e. The number of benzene rings is 1. The Kier molecular flexibility index (Phi) is 6.81. The summed E-state index contributed by atoms with van der Waals surface area (Å²) in [6.45, 7) is 1.36. The van der Waals surface area contributed by atoms with Crippen molar-refractivity contribution in [2.24, 2.45) is 0 Å². The van der Waals surface area contributed by atoms with E-state index in [4.69, 9.17) is 4.74 Å². The molecule has 0 bridgehead atoms. The molecule has 2 amide bonds. The molecule has 28 heavy (non-hydrogen) atoms. The first kappa shape index (κ1) is 20.1. The Labute approximate surface area is 172 Å². The van der Waals surface area contributed by atoms with E-state index in [0.29, 0.717) is 34.4 Å². The third-order valence-corrected chi connectivity index (χ3v) is 5.42. The maximum Gasteiger partial charge on any atom is 0.271 e. The van der Waals surface area contributed by atoms with E-state index in [1.165, 1.54) is 0 Å². The second-order valence-corrected chi connectivity index (χ2v) is 7.23. The predicted octanol–water partition coefficient (Wildman–Crippen LogP) is 3.60. The van der Waals surface area contributed by atoms with Crippen LogP contribution in [0.2, 0.25) is 0 Å². The normalized spacial score (nSPS) is 14.9. The van der Waals surface area contributed by atoms with Crippen LogP contribution in [0.3, 0.4) is 0 Å². The van der Waals surface area contributed by atoms with E-state index in [1.807, 2.05) is 24.3 Å². The van der Waals surface area contributed by atoms with Crippen LogP contribution in [0.5, 0.6) is 5.75 Å². The highest BCUT2D eigenvalue weighted by atomic mass is 79.9. The zero-order valence-corrected chi connectivity index (χ0v) is 17.2. The molecule has 1 saturated heterocycles. The van der Waals surface area contributed by atoms with Crippen LogP contribution in [-0.4, -0.2) is 41.9 Å². The van der Waals surface area contributed by atoms with Crippen LogP contribution in [0.1, 0.15) is 35.2 Å². The molecule has 0 saturated carbocycles. The van der Waals surface area contributed by atoms with Gasteiger partial charge in [-0.1, -0.05) is 18.2 Å². The molecule has 6 nitrogen and oxygen atoms in total. The van der Waals surface area contributed by atoms with Crippen molar-refractivity contribution in [3.8, 4) is 5.75 Å². The minimum absolute atomic E-state index is 0.202. The van der Waals surface area contributed by atoms with Crippen molar-refractivity contribution in [2.75, 3.05) is 20.2 Å². The van der Waals surface area contributed by atoms with Gasteiger partial charge in [0, 0.05) is 36.6 Å². The Hall–Kier alpha value is -2.67. The van der Waals surface area contributed by atoms with E-state index in [9.17, 15) is 9.59 Å². The van der Waals surface area contributed by atoms with E-state index in [-0.39, 0.29) is 17.5 Å². The van der Waals surface area contributed by atoms with Gasteiger partial charge in [0.25, 0.3) is 11.8 Å². The highest BCUT2D eigenvalue weighted by Crippen LogP contribution is 2.33. The Morgan fingerprint density at radius 3 is 2.43 bits per heavy atom. The molecule has 0 unspecified atom stereocenters. The van der Waals surface area contributed by atoms with Crippen LogP contribution < -0.4 is 10.1 Å². The lowest BCUT2D eigenvalue weighted by molar-refractivity contribution is -0.128. The van der Waals surface area contributed by atoms with Gasteiger partial charge in [-0.15, -0.1) is 0 Å². The molecule has 1 aromatic carbocycles. The molecule has 2 heterocycles. The Bertz CT molecular complexity index is 877. The molecule has 1 N–H and O–H groups in total. The zero-order chi connectivity index (χ0) is 19.9. The van der Waals surface area contributed by atoms with Crippen LogP contribution in [0.15, 0.2) is 54.5 Å². The Morgan fingerprint density at radius 1 is 1.07 bits per heavy atom. The quantitative estimate of drug-likeness (QED) is 0.716. The number of carbonyl (C=O) groups excluding carboxylic acids is 2. The summed E-state index contributed by atoms with van der Waals surface area (Å²) < 4.78 is 5.91. The molecule has 0 spiro atoms. The zero-order valence-electron chi connectivity index (χ0n) is 15.7. The SMILES string of the molecule is COc1ccccc1/C(Br)=C(\NC(=O)c1ccncc1)C(=O)N1CCCCC1. The largest absolute Gasteiger partial charge is 0.496 e. The second kappa shape index (κ2) is 9.50. The number of ether oxygens (including phenoxy) is 1. The predicted molar refractivity (Wildman–Crippen MR) is 111 cm³/mol. The first-order valence-corrected chi connectivity index (χ1v) is 9.95. The highest BCUT2D eigenvalue weighted by molar-refractivity contribution is 9.15. The van der Waals surface area contributed by atoms with E-state index < -0.39 is 0 Å². The second-order valence-electron chi connectivity index (χ2n) is 6.43. The van der Waals surface area contributed by atoms with Gasteiger partial charge in [0.1, 0.15) is 11.4 Å². The van der Waals surface area contributed by atoms with Crippen LogP contribution in [-0.2, 0) is 4.79 Å². The summed E-state index contributed by atoms with van der Waals surface area (Å²) in [5.74, 6) is 0.0333. The number of aromatic nitrogens is 1. The molecular weight excluding hydrogens is 422 g/mol. The van der Waals surface area contributed by atoms with Crippen molar-refractivity contribution in [3.63, 3.8) is 0 Å². The molecule has 146 valence electrons. The Morgan fingerprint density at radius 2 is 1.75 bits per heavy atom. The van der Waals surface area contributed by atoms with Gasteiger partial charge in [-0.2, -0.15) is 0 Å². The van der Waals surface area contributed by atoms with Gasteiger partial charge in [0.2, 0.25) is 0 Å². The number of piperidine rings is 1. The molecule has 1 aliphatic rings. The molecule has 3 rings (SSSR count). The molecule has 0 radical (unpaired) electrons. The van der Waals surface area contributed by atoms with E-state index >= 15 is 0 Å². The highest BCUT2D eigenvalue weighted by Gasteiger charge is 2.26. The standard InChI is InChI=1S/C21H22BrN3O3/c1-28-17-8-4-3-7-16(17)18(22)19(21(27)25-13-5-2-6-14-25)24-20(26)15-9-11-23-12-10-15/h3-4,7-12H,2,5-6,13-14H2,1H3,(H,24,26)/b19-18+. The number of halogens is 1. The van der Waals surface area contributed by atoms with E-state index in [0.717, 1.165) is 19.3 Å². The molecule has 2 aromatic rings. The molecule has 1 fully saturated rings. The number of likely N-dealkylation sites (tertiary alicyclic amines) is 1. The van der Waals surface area contributed by atoms with E-state index in [2.05, 4.69) is 26.2 Å². The van der Waals surface area contributed by atoms with Gasteiger partial charge >= 0.3 is 0 Å². The van der Waals surface area contributed by atoms with Crippen molar-refractivity contribution >= 4 is 32.2 Å². The topological polar surface area (TPSA) is 71.5 Å². The number of nitrogens with zero attached hydrogens (tertiary/aromatic N) is 2. The number of hydrogen-bond donors (Lipinski definition) is 1. The van der Waals surface area contributed by atoms with Gasteiger partial charge < -0.3 is 15.0 Å². The van der Waals surface area contributed by atoms with E-state index in [1.54, 1.807) is 36.5 Å². The van der Waals surface area contributed by atoms with Gasteiger partial charge in [-0.05, 0) is 53.4 Å². The average Bonchev–Trinajstić information content (AvgIpc) is 2.77. The van der Waals surface area contributed by atoms with Crippen LogP contribution >= 0.6 is 15.9 Å². The lowest BCUT2D eigenvalue weighted by atomic mass is 10.1. The minimum atomic E-state index is -0.366. The number of amides is 2. The van der Waals surface area contributed by atoms with Crippen LogP contribution in [0.4, 0.5) is 0 Å². The number of nitrogens with one attached hydrogen (secondary N) is 1. The summed E-state index contributed by atoms with van der Waals surface area (Å²) in [5.41, 5.74) is 1.33. The average molecular weight is 444 g/mol. The fraction of sp³-hybridized carbons (Fsp3) is 0.286. The lowest BCUT2D eigenvalue weighted by Gasteiger charge is -2.28. The maximum absolute atomic E-state index is 13.2. The smallest absolute Gasteiger partial charge is 0.271 e. The third-order valence-electron chi connectivity index (χ3n) is 4.60. The first-order chi connectivity index (χ1) is 13.6. The van der Waals surface area contributed by atoms with Gasteiger partial charge in [-0.25, -0.2) is 0 Å². The Balaban J connectivity index is 2.00. The summed E-state index contributed by atoms with van der Waals surface area (Å²) in [5, 5.41) is 2.80. The number of rotatable bonds is 5. The van der Waals surface area contributed by atoms with Gasteiger partial charge in [0.05, 0.1) is 11.6 Å². The molecule has 7 heteroatoms. The molecular formula is C21H22BrN3O3. The molecule has 1 aliphatic heterocycles. The number of hydrogen-bond acceptors (Lipinski definition) is 4. The fourth-order valence-electron chi connectivity index (χ4n) is 3.11. The van der Waals surface area contributed by atoms with Crippen LogP contribution in [0, 0.1) is 0 Å². The van der Waals surface area contributed by atoms with Crippen molar-refractivity contribution in [1.29, 1.82) is 0 Å². The third kappa shape index (κ3) is 4.59. The van der Waals surface area contributed by atoms with Crippen molar-refractivity contribution in [3.05, 3.63) is 65.6 Å². The maximum atomic E-state index is 13.2. The van der Waals surface area contributed by atoms with Crippen molar-refractivity contribution in [2.45, 2.75) is 19.3 Å². The fourth-order valence-corrected chi connectivity index (χ4v) is 3.70. The molecule has 0 aliphatic carbocycles. The van der Waals surface area contributed by atoms with Gasteiger partial charge in [0.15, 0.2) is 0 Å².